The van der Waals surface area contributed by atoms with Crippen LogP contribution < -0.4 is 0 Å². The van der Waals surface area contributed by atoms with Gasteiger partial charge in [-0.25, -0.2) is 4.79 Å². The number of imide groups is 1. The molecule has 2 fully saturated rings. The lowest BCUT2D eigenvalue weighted by Crippen LogP contribution is -2.45. The van der Waals surface area contributed by atoms with Gasteiger partial charge < -0.3 is 9.64 Å². The molecular formula is C22H28N2O5. The van der Waals surface area contributed by atoms with Gasteiger partial charge in [-0.1, -0.05) is 43.2 Å². The van der Waals surface area contributed by atoms with Gasteiger partial charge in [-0.3, -0.25) is 19.3 Å². The van der Waals surface area contributed by atoms with E-state index in [2.05, 4.69) is 0 Å². The van der Waals surface area contributed by atoms with Crippen molar-refractivity contribution in [3.8, 4) is 0 Å². The summed E-state index contributed by atoms with van der Waals surface area (Å²) in [5, 5.41) is 0. The predicted octanol–water partition coefficient (Wildman–Crippen LogP) is 2.14. The maximum atomic E-state index is 12.6. The minimum absolute atomic E-state index is 0.283. The largest absolute Gasteiger partial charge is 0.454 e. The Bertz CT molecular complexity index is 755. The molecule has 1 aromatic rings. The molecule has 0 spiro atoms. The second-order valence-electron chi connectivity index (χ2n) is 7.72. The molecule has 2 aliphatic rings. The van der Waals surface area contributed by atoms with E-state index in [0.717, 1.165) is 23.3 Å². The maximum absolute atomic E-state index is 12.6. The van der Waals surface area contributed by atoms with Crippen molar-refractivity contribution in [3.63, 3.8) is 0 Å². The Labute approximate surface area is 171 Å². The van der Waals surface area contributed by atoms with Crippen LogP contribution in [0.25, 0.3) is 0 Å². The minimum atomic E-state index is -1.02. The summed E-state index contributed by atoms with van der Waals surface area (Å²) in [4.78, 5) is 52.8. The molecule has 0 aromatic heterocycles. The van der Waals surface area contributed by atoms with E-state index in [1.54, 1.807) is 4.90 Å². The zero-order valence-corrected chi connectivity index (χ0v) is 17.0. The van der Waals surface area contributed by atoms with Crippen LogP contribution in [0.3, 0.4) is 0 Å². The van der Waals surface area contributed by atoms with E-state index < -0.39 is 18.6 Å². The minimum Gasteiger partial charge on any atom is -0.454 e. The highest BCUT2D eigenvalue weighted by atomic mass is 16.5. The average Bonchev–Trinajstić information content (AvgIpc) is 3.00. The number of hydrogen-bond donors (Lipinski definition) is 0. The number of ether oxygens (including phenoxy) is 1. The van der Waals surface area contributed by atoms with E-state index in [1.807, 2.05) is 37.3 Å². The third kappa shape index (κ3) is 4.49. The lowest BCUT2D eigenvalue weighted by Gasteiger charge is -2.23. The first-order chi connectivity index (χ1) is 13.9. The standard InChI is InChI=1S/C22H28N2O5/c1-3-23(13-16-9-5-4-6-10-16)19(25)14-29-22(28)15(2)24-20(26)17-11-7-8-12-18(17)21(24)27/h4-6,9-10,15,17-18H,3,7-8,11-14H2,1-2H3/t15-,17?,18?/m0/s1. The SMILES string of the molecule is CCN(Cc1ccccc1)C(=O)COC(=O)[C@H](C)N1C(=O)C2CCCCC2C1=O. The first kappa shape index (κ1) is 21.0. The molecule has 2 unspecified atom stereocenters. The number of benzene rings is 1. The number of likely N-dealkylation sites (tertiary alicyclic amines) is 1. The number of carbonyl (C=O) groups is 4. The quantitative estimate of drug-likeness (QED) is 0.517. The van der Waals surface area contributed by atoms with E-state index >= 15 is 0 Å². The van der Waals surface area contributed by atoms with E-state index in [4.69, 9.17) is 4.74 Å². The molecule has 3 rings (SSSR count). The van der Waals surface area contributed by atoms with Crippen LogP contribution in [0.2, 0.25) is 0 Å². The molecule has 3 amide bonds. The Balaban J connectivity index is 1.56. The Morgan fingerprint density at radius 1 is 1.10 bits per heavy atom. The van der Waals surface area contributed by atoms with Gasteiger partial charge in [-0.15, -0.1) is 0 Å². The summed E-state index contributed by atoms with van der Waals surface area (Å²) < 4.78 is 5.17. The summed E-state index contributed by atoms with van der Waals surface area (Å²) in [7, 11) is 0. The third-order valence-electron chi connectivity index (χ3n) is 5.89. The average molecular weight is 400 g/mol. The lowest BCUT2D eigenvalue weighted by molar-refractivity contribution is -0.161. The molecule has 0 bridgehead atoms. The Morgan fingerprint density at radius 2 is 1.69 bits per heavy atom. The molecule has 3 atom stereocenters. The number of hydrogen-bond acceptors (Lipinski definition) is 5. The van der Waals surface area contributed by atoms with Gasteiger partial charge in [0.2, 0.25) is 11.8 Å². The van der Waals surface area contributed by atoms with Crippen molar-refractivity contribution >= 4 is 23.7 Å². The monoisotopic (exact) mass is 400 g/mol. The van der Waals surface area contributed by atoms with Crippen LogP contribution in [0.5, 0.6) is 0 Å². The van der Waals surface area contributed by atoms with Crippen molar-refractivity contribution in [1.82, 2.24) is 9.80 Å². The zero-order chi connectivity index (χ0) is 21.0. The Morgan fingerprint density at radius 3 is 2.24 bits per heavy atom. The smallest absolute Gasteiger partial charge is 0.329 e. The summed E-state index contributed by atoms with van der Waals surface area (Å²) in [5.74, 6) is -2.23. The second kappa shape index (κ2) is 9.20. The van der Waals surface area contributed by atoms with Crippen LogP contribution in [0.15, 0.2) is 30.3 Å². The molecule has 7 heteroatoms. The molecule has 1 heterocycles. The second-order valence-corrected chi connectivity index (χ2v) is 7.72. The summed E-state index contributed by atoms with van der Waals surface area (Å²) in [6, 6.07) is 8.54. The number of nitrogens with zero attached hydrogens (tertiary/aromatic N) is 2. The van der Waals surface area contributed by atoms with Crippen LogP contribution in [-0.2, 0) is 30.5 Å². The normalized spacial score (nSPS) is 22.2. The van der Waals surface area contributed by atoms with Gasteiger partial charge in [0.05, 0.1) is 11.8 Å². The van der Waals surface area contributed by atoms with Crippen molar-refractivity contribution in [2.24, 2.45) is 11.8 Å². The van der Waals surface area contributed by atoms with Gasteiger partial charge in [0, 0.05) is 13.1 Å². The van der Waals surface area contributed by atoms with Gasteiger partial charge >= 0.3 is 5.97 Å². The van der Waals surface area contributed by atoms with Crippen molar-refractivity contribution in [3.05, 3.63) is 35.9 Å². The highest BCUT2D eigenvalue weighted by Gasteiger charge is 2.51. The molecule has 29 heavy (non-hydrogen) atoms. The summed E-state index contributed by atoms with van der Waals surface area (Å²) in [6.07, 6.45) is 3.24. The first-order valence-corrected chi connectivity index (χ1v) is 10.3. The summed E-state index contributed by atoms with van der Waals surface area (Å²) in [5.41, 5.74) is 0.985. The van der Waals surface area contributed by atoms with Crippen molar-refractivity contribution in [2.75, 3.05) is 13.2 Å². The Kier molecular flexibility index (Phi) is 6.67. The van der Waals surface area contributed by atoms with Crippen molar-refractivity contribution < 1.29 is 23.9 Å². The molecule has 1 aliphatic heterocycles. The van der Waals surface area contributed by atoms with Crippen LogP contribution in [-0.4, -0.2) is 52.7 Å². The lowest BCUT2D eigenvalue weighted by atomic mass is 9.81. The fourth-order valence-electron chi connectivity index (χ4n) is 4.20. The molecule has 1 saturated carbocycles. The van der Waals surface area contributed by atoms with Gasteiger partial charge in [0.25, 0.3) is 5.91 Å². The van der Waals surface area contributed by atoms with Gasteiger partial charge in [0.15, 0.2) is 6.61 Å². The van der Waals surface area contributed by atoms with E-state index in [-0.39, 0.29) is 29.6 Å². The Hall–Kier alpha value is -2.70. The number of esters is 1. The van der Waals surface area contributed by atoms with Crippen molar-refractivity contribution in [2.45, 2.75) is 52.1 Å². The number of fused-ring (bicyclic) bond motifs is 1. The molecule has 7 nitrogen and oxygen atoms in total. The predicted molar refractivity (Wildman–Crippen MR) is 105 cm³/mol. The van der Waals surface area contributed by atoms with Crippen LogP contribution >= 0.6 is 0 Å². The van der Waals surface area contributed by atoms with E-state index in [9.17, 15) is 19.2 Å². The molecule has 1 saturated heterocycles. The fourth-order valence-corrected chi connectivity index (χ4v) is 4.20. The summed E-state index contributed by atoms with van der Waals surface area (Å²) >= 11 is 0. The number of amides is 3. The third-order valence-corrected chi connectivity index (χ3v) is 5.89. The van der Waals surface area contributed by atoms with Gasteiger partial charge in [-0.05, 0) is 32.3 Å². The summed E-state index contributed by atoms with van der Waals surface area (Å²) in [6.45, 7) is 3.84. The molecule has 0 N–H and O–H groups in total. The molecule has 156 valence electrons. The van der Waals surface area contributed by atoms with Crippen LogP contribution in [0.4, 0.5) is 0 Å². The van der Waals surface area contributed by atoms with Crippen LogP contribution in [0, 0.1) is 11.8 Å². The first-order valence-electron chi connectivity index (χ1n) is 10.3. The number of carbonyl (C=O) groups excluding carboxylic acids is 4. The highest BCUT2D eigenvalue weighted by molar-refractivity contribution is 6.07. The van der Waals surface area contributed by atoms with Crippen molar-refractivity contribution in [1.29, 1.82) is 0 Å². The van der Waals surface area contributed by atoms with E-state index in [0.29, 0.717) is 25.9 Å². The topological polar surface area (TPSA) is 84.0 Å². The zero-order valence-electron chi connectivity index (χ0n) is 17.0. The van der Waals surface area contributed by atoms with Gasteiger partial charge in [0.1, 0.15) is 6.04 Å². The molecule has 0 radical (unpaired) electrons. The molecule has 1 aromatic carbocycles. The number of rotatable bonds is 7. The van der Waals surface area contributed by atoms with Crippen LogP contribution in [0.1, 0.15) is 45.1 Å². The maximum Gasteiger partial charge on any atom is 0.329 e. The van der Waals surface area contributed by atoms with E-state index in [1.165, 1.54) is 6.92 Å². The number of likely N-dealkylation sites (N-methyl/N-ethyl adjacent to an activating group) is 1. The fraction of sp³-hybridized carbons (Fsp3) is 0.545. The van der Waals surface area contributed by atoms with Gasteiger partial charge in [-0.2, -0.15) is 0 Å². The highest BCUT2D eigenvalue weighted by Crippen LogP contribution is 2.38. The molecular weight excluding hydrogens is 372 g/mol. The molecule has 1 aliphatic carbocycles.